The monoisotopic (exact) mass is 311 g/mol. The molecule has 0 spiro atoms. The third-order valence-electron chi connectivity index (χ3n) is 2.54. The smallest absolute Gasteiger partial charge is 0.305 e. The standard InChI is InChI=1S/C12H13N3O3S2/c1-19-12-15-8-3-2-6(4-9(8)20-12)14-11(18)7(13)5-10(16)17/h2-4,7H,5,13H2,1H3,(H,14,18)(H,16,17). The molecule has 0 bridgehead atoms. The molecular weight excluding hydrogens is 298 g/mol. The topological polar surface area (TPSA) is 105 Å². The highest BCUT2D eigenvalue weighted by molar-refractivity contribution is 8.00. The molecule has 6 nitrogen and oxygen atoms in total. The van der Waals surface area contributed by atoms with Gasteiger partial charge < -0.3 is 16.2 Å². The number of rotatable bonds is 5. The number of benzene rings is 1. The number of carboxylic acid groups (broad SMARTS) is 1. The maximum atomic E-state index is 11.7. The molecule has 0 fully saturated rings. The second kappa shape index (κ2) is 6.21. The Morgan fingerprint density at radius 2 is 2.30 bits per heavy atom. The quantitative estimate of drug-likeness (QED) is 0.727. The molecule has 1 heterocycles. The molecule has 0 aliphatic heterocycles. The van der Waals surface area contributed by atoms with Gasteiger partial charge in [-0.3, -0.25) is 9.59 Å². The number of thiazole rings is 1. The van der Waals surface area contributed by atoms with Gasteiger partial charge >= 0.3 is 5.97 Å². The summed E-state index contributed by atoms with van der Waals surface area (Å²) in [7, 11) is 0. The van der Waals surface area contributed by atoms with Crippen LogP contribution in [0.25, 0.3) is 10.2 Å². The van der Waals surface area contributed by atoms with E-state index in [9.17, 15) is 9.59 Å². The van der Waals surface area contributed by atoms with E-state index in [-0.39, 0.29) is 0 Å². The van der Waals surface area contributed by atoms with Crippen LogP contribution in [0.2, 0.25) is 0 Å². The second-order valence-electron chi connectivity index (χ2n) is 4.06. The molecule has 106 valence electrons. The summed E-state index contributed by atoms with van der Waals surface area (Å²) in [5, 5.41) is 11.2. The molecule has 0 aliphatic rings. The molecule has 0 radical (unpaired) electrons. The van der Waals surface area contributed by atoms with E-state index < -0.39 is 24.3 Å². The zero-order chi connectivity index (χ0) is 14.7. The number of thioether (sulfide) groups is 1. The maximum absolute atomic E-state index is 11.7. The van der Waals surface area contributed by atoms with Crippen molar-refractivity contribution in [3.05, 3.63) is 18.2 Å². The van der Waals surface area contributed by atoms with Crippen molar-refractivity contribution in [1.29, 1.82) is 0 Å². The summed E-state index contributed by atoms with van der Waals surface area (Å²) in [5.41, 5.74) is 6.95. The van der Waals surface area contributed by atoms with Crippen LogP contribution in [0.1, 0.15) is 6.42 Å². The van der Waals surface area contributed by atoms with Crippen LogP contribution in [0.15, 0.2) is 22.5 Å². The second-order valence-corrected chi connectivity index (χ2v) is 6.14. The average Bonchev–Trinajstić information content (AvgIpc) is 2.80. The number of fused-ring (bicyclic) bond motifs is 1. The number of anilines is 1. The van der Waals surface area contributed by atoms with Crippen LogP contribution in [0.4, 0.5) is 5.69 Å². The van der Waals surface area contributed by atoms with Crippen LogP contribution in [0, 0.1) is 0 Å². The van der Waals surface area contributed by atoms with Gasteiger partial charge in [0.1, 0.15) is 0 Å². The number of carbonyl (C=O) groups excluding carboxylic acids is 1. The van der Waals surface area contributed by atoms with Crippen molar-refractivity contribution in [2.75, 3.05) is 11.6 Å². The van der Waals surface area contributed by atoms with Gasteiger partial charge in [0.15, 0.2) is 4.34 Å². The number of nitrogens with zero attached hydrogens (tertiary/aromatic N) is 1. The Morgan fingerprint density at radius 1 is 1.55 bits per heavy atom. The molecule has 0 aliphatic carbocycles. The third kappa shape index (κ3) is 3.47. The predicted octanol–water partition coefficient (Wildman–Crippen LogP) is 1.76. The first kappa shape index (κ1) is 14.8. The van der Waals surface area contributed by atoms with Crippen molar-refractivity contribution in [2.24, 2.45) is 5.73 Å². The van der Waals surface area contributed by atoms with Gasteiger partial charge in [-0.1, -0.05) is 11.8 Å². The summed E-state index contributed by atoms with van der Waals surface area (Å²) in [6.07, 6.45) is 1.55. The maximum Gasteiger partial charge on any atom is 0.305 e. The number of aromatic nitrogens is 1. The first-order chi connectivity index (χ1) is 9.49. The van der Waals surface area contributed by atoms with E-state index >= 15 is 0 Å². The summed E-state index contributed by atoms with van der Waals surface area (Å²) < 4.78 is 1.91. The fourth-order valence-electron chi connectivity index (χ4n) is 1.58. The van der Waals surface area contributed by atoms with E-state index in [1.54, 1.807) is 23.9 Å². The van der Waals surface area contributed by atoms with Gasteiger partial charge in [-0.2, -0.15) is 0 Å². The van der Waals surface area contributed by atoms with Gasteiger partial charge in [0, 0.05) is 5.69 Å². The van der Waals surface area contributed by atoms with E-state index in [1.807, 2.05) is 12.3 Å². The molecule has 1 amide bonds. The van der Waals surface area contributed by atoms with Crippen molar-refractivity contribution in [1.82, 2.24) is 4.98 Å². The Hall–Kier alpha value is -1.64. The molecule has 20 heavy (non-hydrogen) atoms. The largest absolute Gasteiger partial charge is 0.481 e. The minimum atomic E-state index is -1.10. The summed E-state index contributed by atoms with van der Waals surface area (Å²) in [4.78, 5) is 26.6. The van der Waals surface area contributed by atoms with Crippen LogP contribution < -0.4 is 11.1 Å². The third-order valence-corrected chi connectivity index (χ3v) is 4.55. The van der Waals surface area contributed by atoms with E-state index in [1.165, 1.54) is 11.3 Å². The van der Waals surface area contributed by atoms with Crippen LogP contribution in [0.5, 0.6) is 0 Å². The summed E-state index contributed by atoms with van der Waals surface area (Å²) in [6.45, 7) is 0. The summed E-state index contributed by atoms with van der Waals surface area (Å²) in [6, 6.07) is 4.27. The molecule has 2 rings (SSSR count). The molecule has 1 atom stereocenters. The summed E-state index contributed by atoms with van der Waals surface area (Å²) in [5.74, 6) is -1.61. The van der Waals surface area contributed by atoms with E-state index in [2.05, 4.69) is 10.3 Å². The van der Waals surface area contributed by atoms with Gasteiger partial charge in [0.25, 0.3) is 0 Å². The fourth-order valence-corrected chi connectivity index (χ4v) is 3.11. The lowest BCUT2D eigenvalue weighted by Gasteiger charge is -2.09. The van der Waals surface area contributed by atoms with E-state index in [0.717, 1.165) is 14.6 Å². The van der Waals surface area contributed by atoms with Crippen molar-refractivity contribution < 1.29 is 14.7 Å². The SMILES string of the molecule is CSc1nc2ccc(NC(=O)C(N)CC(=O)O)cc2s1. The molecule has 2 aromatic rings. The molecule has 8 heteroatoms. The van der Waals surface area contributed by atoms with Crippen LogP contribution in [-0.4, -0.2) is 34.3 Å². The summed E-state index contributed by atoms with van der Waals surface area (Å²) >= 11 is 3.09. The average molecular weight is 311 g/mol. The lowest BCUT2D eigenvalue weighted by Crippen LogP contribution is -2.37. The number of carbonyl (C=O) groups is 2. The first-order valence-electron chi connectivity index (χ1n) is 5.72. The highest BCUT2D eigenvalue weighted by Gasteiger charge is 2.17. The highest BCUT2D eigenvalue weighted by atomic mass is 32.2. The minimum absolute atomic E-state index is 0.398. The Labute approximate surface area is 123 Å². The van der Waals surface area contributed by atoms with Crippen molar-refractivity contribution >= 4 is 50.9 Å². The number of hydrogen-bond acceptors (Lipinski definition) is 6. The molecule has 1 aromatic carbocycles. The molecule has 1 aromatic heterocycles. The lowest BCUT2D eigenvalue weighted by molar-refractivity contribution is -0.138. The number of nitrogens with one attached hydrogen (secondary N) is 1. The van der Waals surface area contributed by atoms with Crippen molar-refractivity contribution in [3.8, 4) is 0 Å². The van der Waals surface area contributed by atoms with Gasteiger partial charge in [-0.05, 0) is 24.5 Å². The van der Waals surface area contributed by atoms with Crippen LogP contribution >= 0.6 is 23.1 Å². The zero-order valence-corrected chi connectivity index (χ0v) is 12.3. The Morgan fingerprint density at radius 3 is 2.95 bits per heavy atom. The van der Waals surface area contributed by atoms with Crippen LogP contribution in [0.3, 0.4) is 0 Å². The molecular formula is C12H13N3O3S2. The predicted molar refractivity (Wildman–Crippen MR) is 80.3 cm³/mol. The normalized spacial score (nSPS) is 12.3. The Kier molecular flexibility index (Phi) is 4.58. The van der Waals surface area contributed by atoms with Crippen LogP contribution in [-0.2, 0) is 9.59 Å². The van der Waals surface area contributed by atoms with Crippen molar-refractivity contribution in [3.63, 3.8) is 0 Å². The lowest BCUT2D eigenvalue weighted by atomic mass is 10.2. The fraction of sp³-hybridized carbons (Fsp3) is 0.250. The van der Waals surface area contributed by atoms with Gasteiger partial charge in [0.2, 0.25) is 5.91 Å². The van der Waals surface area contributed by atoms with Crippen molar-refractivity contribution in [2.45, 2.75) is 16.8 Å². The Bertz CT molecular complexity index is 656. The number of nitrogens with two attached hydrogens (primary N) is 1. The van der Waals surface area contributed by atoms with E-state index in [4.69, 9.17) is 10.8 Å². The Balaban J connectivity index is 2.13. The molecule has 1 unspecified atom stereocenters. The van der Waals surface area contributed by atoms with Gasteiger partial charge in [-0.15, -0.1) is 11.3 Å². The molecule has 4 N–H and O–H groups in total. The number of amides is 1. The number of carboxylic acids is 1. The highest BCUT2D eigenvalue weighted by Crippen LogP contribution is 2.29. The number of hydrogen-bond donors (Lipinski definition) is 3. The van der Waals surface area contributed by atoms with E-state index in [0.29, 0.717) is 5.69 Å². The van der Waals surface area contributed by atoms with Gasteiger partial charge in [0.05, 0.1) is 22.7 Å². The molecule has 0 saturated carbocycles. The molecule has 0 saturated heterocycles. The van der Waals surface area contributed by atoms with Gasteiger partial charge in [-0.25, -0.2) is 4.98 Å². The zero-order valence-electron chi connectivity index (χ0n) is 10.6. The number of aliphatic carboxylic acids is 1. The first-order valence-corrected chi connectivity index (χ1v) is 7.76. The minimum Gasteiger partial charge on any atom is -0.481 e.